The minimum atomic E-state index is -4.52. The van der Waals surface area contributed by atoms with Crippen LogP contribution in [0.3, 0.4) is 0 Å². The maximum Gasteiger partial charge on any atom is 0.418 e. The van der Waals surface area contributed by atoms with Crippen molar-refractivity contribution in [1.82, 2.24) is 0 Å². The average Bonchev–Trinajstić information content (AvgIpc) is 3.09. The molecule has 0 radical (unpaired) electrons. The number of alkyl halides is 3. The van der Waals surface area contributed by atoms with Crippen molar-refractivity contribution in [2.75, 3.05) is 6.26 Å². The highest BCUT2D eigenvalue weighted by Crippen LogP contribution is 2.50. The van der Waals surface area contributed by atoms with Crippen molar-refractivity contribution in [3.8, 4) is 16.9 Å². The zero-order chi connectivity index (χ0) is 22.7. The standard InChI is InChI=1S/C24H15F3O3S2/c1-32(28,29)30-15-12-10-14(11-13-15)20-16-6-2-3-7-17(16)22(24(25,26)27)23-21(20)18-8-4-5-9-19(18)31-23/h2-13H,1H3. The normalized spacial score (nSPS) is 12.6. The van der Waals surface area contributed by atoms with Crippen LogP contribution in [0, 0.1) is 0 Å². The van der Waals surface area contributed by atoms with E-state index in [4.69, 9.17) is 4.18 Å². The Morgan fingerprint density at radius 1 is 0.812 bits per heavy atom. The molecule has 0 fully saturated rings. The lowest BCUT2D eigenvalue weighted by atomic mass is 9.90. The molecule has 32 heavy (non-hydrogen) atoms. The van der Waals surface area contributed by atoms with Crippen LogP contribution in [-0.4, -0.2) is 14.7 Å². The highest BCUT2D eigenvalue weighted by Gasteiger charge is 2.37. The Morgan fingerprint density at radius 2 is 1.41 bits per heavy atom. The summed E-state index contributed by atoms with van der Waals surface area (Å²) in [5.74, 6) is 0.138. The van der Waals surface area contributed by atoms with Crippen LogP contribution in [0.1, 0.15) is 5.56 Å². The zero-order valence-electron chi connectivity index (χ0n) is 16.6. The smallest absolute Gasteiger partial charge is 0.383 e. The molecule has 0 unspecified atom stereocenters. The molecule has 1 heterocycles. The lowest BCUT2D eigenvalue weighted by Crippen LogP contribution is -2.07. The molecule has 0 amide bonds. The van der Waals surface area contributed by atoms with Crippen LogP contribution < -0.4 is 4.18 Å². The number of thiophene rings is 1. The van der Waals surface area contributed by atoms with E-state index in [0.717, 1.165) is 27.7 Å². The van der Waals surface area contributed by atoms with Crippen molar-refractivity contribution in [2.24, 2.45) is 0 Å². The van der Waals surface area contributed by atoms with Gasteiger partial charge in [0.05, 0.1) is 11.8 Å². The summed E-state index contributed by atoms with van der Waals surface area (Å²) in [5.41, 5.74) is 0.710. The van der Waals surface area contributed by atoms with Crippen LogP contribution in [-0.2, 0) is 16.3 Å². The fourth-order valence-electron chi connectivity index (χ4n) is 4.08. The molecule has 1 aromatic heterocycles. The molecule has 0 saturated heterocycles. The molecule has 5 rings (SSSR count). The molecule has 3 nitrogen and oxygen atoms in total. The van der Waals surface area contributed by atoms with Crippen molar-refractivity contribution in [3.63, 3.8) is 0 Å². The number of rotatable bonds is 3. The third-order valence-corrected chi connectivity index (χ3v) is 6.90. The molecule has 0 atom stereocenters. The summed E-state index contributed by atoms with van der Waals surface area (Å²) in [7, 11) is -3.69. The van der Waals surface area contributed by atoms with E-state index in [9.17, 15) is 21.6 Å². The summed E-state index contributed by atoms with van der Waals surface area (Å²) in [6.45, 7) is 0. The van der Waals surface area contributed by atoms with Gasteiger partial charge in [0.15, 0.2) is 0 Å². The van der Waals surface area contributed by atoms with Gasteiger partial charge in [0.1, 0.15) is 5.75 Å². The van der Waals surface area contributed by atoms with Crippen LogP contribution in [0.2, 0.25) is 0 Å². The third kappa shape index (κ3) is 3.49. The van der Waals surface area contributed by atoms with E-state index in [1.165, 1.54) is 18.2 Å². The first-order valence-corrected chi connectivity index (χ1v) is 12.2. The number of halogens is 3. The first-order chi connectivity index (χ1) is 15.1. The first-order valence-electron chi connectivity index (χ1n) is 9.56. The average molecular weight is 473 g/mol. The fraction of sp³-hybridized carbons (Fsp3) is 0.0833. The van der Waals surface area contributed by atoms with Gasteiger partial charge in [-0.05, 0) is 40.1 Å². The SMILES string of the molecule is CS(=O)(=O)Oc1ccc(-c2c3ccccc3c(C(F)(F)F)c3sc4ccccc4c23)cc1. The molecule has 0 aliphatic carbocycles. The molecular formula is C24H15F3O3S2. The van der Waals surface area contributed by atoms with Gasteiger partial charge >= 0.3 is 16.3 Å². The molecule has 0 saturated carbocycles. The summed E-state index contributed by atoms with van der Waals surface area (Å²) in [6.07, 6.45) is -3.57. The van der Waals surface area contributed by atoms with Gasteiger partial charge in [-0.3, -0.25) is 0 Å². The molecule has 162 valence electrons. The number of hydrogen-bond donors (Lipinski definition) is 0. The maximum atomic E-state index is 14.3. The van der Waals surface area contributed by atoms with Gasteiger partial charge in [-0.15, -0.1) is 11.3 Å². The van der Waals surface area contributed by atoms with Gasteiger partial charge in [-0.25, -0.2) is 0 Å². The van der Waals surface area contributed by atoms with E-state index < -0.39 is 21.9 Å². The van der Waals surface area contributed by atoms with Gasteiger partial charge in [0.25, 0.3) is 0 Å². The largest absolute Gasteiger partial charge is 0.418 e. The summed E-state index contributed by atoms with van der Waals surface area (Å²) >= 11 is 1.13. The van der Waals surface area contributed by atoms with E-state index in [-0.39, 0.29) is 15.8 Å². The Kier molecular flexibility index (Phi) is 4.69. The molecule has 0 N–H and O–H groups in total. The Labute approximate surface area is 185 Å². The second kappa shape index (κ2) is 7.21. The summed E-state index contributed by atoms with van der Waals surface area (Å²) in [5, 5.41) is 1.89. The molecule has 0 bridgehead atoms. The highest BCUT2D eigenvalue weighted by atomic mass is 32.2. The van der Waals surface area contributed by atoms with Crippen molar-refractivity contribution in [3.05, 3.63) is 78.4 Å². The Bertz CT molecular complexity index is 1600. The first kappa shape index (κ1) is 20.8. The molecule has 4 aromatic carbocycles. The Balaban J connectivity index is 1.92. The van der Waals surface area contributed by atoms with Crippen molar-refractivity contribution in [2.45, 2.75) is 6.18 Å². The third-order valence-electron chi connectivity index (χ3n) is 5.21. The highest BCUT2D eigenvalue weighted by molar-refractivity contribution is 7.86. The molecule has 0 aliphatic rings. The Morgan fingerprint density at radius 3 is 2.03 bits per heavy atom. The second-order valence-electron chi connectivity index (χ2n) is 7.41. The van der Waals surface area contributed by atoms with Crippen molar-refractivity contribution < 1.29 is 25.8 Å². The number of hydrogen-bond acceptors (Lipinski definition) is 4. The summed E-state index contributed by atoms with van der Waals surface area (Å²) < 4.78 is 71.5. The molecule has 0 spiro atoms. The van der Waals surface area contributed by atoms with Crippen LogP contribution in [0.25, 0.3) is 42.1 Å². The Hall–Kier alpha value is -3.10. The number of fused-ring (bicyclic) bond motifs is 4. The van der Waals surface area contributed by atoms with Crippen LogP contribution in [0.4, 0.5) is 13.2 Å². The lowest BCUT2D eigenvalue weighted by molar-refractivity contribution is -0.134. The van der Waals surface area contributed by atoms with Crippen molar-refractivity contribution in [1.29, 1.82) is 0 Å². The van der Waals surface area contributed by atoms with E-state index in [1.807, 2.05) is 24.3 Å². The van der Waals surface area contributed by atoms with Gasteiger partial charge < -0.3 is 4.18 Å². The molecule has 8 heteroatoms. The molecular weight excluding hydrogens is 457 g/mol. The van der Waals surface area contributed by atoms with Gasteiger partial charge in [0, 0.05) is 20.2 Å². The molecule has 5 aromatic rings. The predicted molar refractivity (Wildman–Crippen MR) is 123 cm³/mol. The van der Waals surface area contributed by atoms with E-state index in [1.54, 1.807) is 30.3 Å². The second-order valence-corrected chi connectivity index (χ2v) is 10.0. The van der Waals surface area contributed by atoms with Gasteiger partial charge in [0.2, 0.25) is 0 Å². The maximum absolute atomic E-state index is 14.3. The quantitative estimate of drug-likeness (QED) is 0.260. The van der Waals surface area contributed by atoms with Crippen LogP contribution in [0.15, 0.2) is 72.8 Å². The van der Waals surface area contributed by atoms with E-state index >= 15 is 0 Å². The van der Waals surface area contributed by atoms with E-state index in [0.29, 0.717) is 21.9 Å². The monoisotopic (exact) mass is 472 g/mol. The summed E-state index contributed by atoms with van der Waals surface area (Å²) in [6, 6.07) is 20.1. The van der Waals surface area contributed by atoms with Crippen molar-refractivity contribution >= 4 is 52.4 Å². The van der Waals surface area contributed by atoms with Crippen LogP contribution >= 0.6 is 11.3 Å². The summed E-state index contributed by atoms with van der Waals surface area (Å²) in [4.78, 5) is 0. The minimum absolute atomic E-state index is 0.130. The topological polar surface area (TPSA) is 43.4 Å². The predicted octanol–water partition coefficient (Wildman–Crippen LogP) is 7.23. The number of benzene rings is 4. The molecule has 0 aliphatic heterocycles. The fourth-order valence-corrected chi connectivity index (χ4v) is 5.83. The van der Waals surface area contributed by atoms with Crippen LogP contribution in [0.5, 0.6) is 5.75 Å². The van der Waals surface area contributed by atoms with Gasteiger partial charge in [-0.1, -0.05) is 54.6 Å². The minimum Gasteiger partial charge on any atom is -0.383 e. The van der Waals surface area contributed by atoms with Gasteiger partial charge in [-0.2, -0.15) is 21.6 Å². The van der Waals surface area contributed by atoms with E-state index in [2.05, 4.69) is 0 Å². The lowest BCUT2D eigenvalue weighted by Gasteiger charge is -2.17. The zero-order valence-corrected chi connectivity index (χ0v) is 18.2.